The number of nitrogens with one attached hydrogen (secondary N) is 1. The molecule has 1 aliphatic heterocycles. The van der Waals surface area contributed by atoms with Crippen LogP contribution in [0, 0.1) is 6.92 Å². The van der Waals surface area contributed by atoms with Crippen molar-refractivity contribution in [2.45, 2.75) is 31.4 Å². The van der Waals surface area contributed by atoms with Gasteiger partial charge in [0.15, 0.2) is 0 Å². The number of hydrogen-bond donors (Lipinski definition) is 2. The highest BCUT2D eigenvalue weighted by molar-refractivity contribution is 7.85. The summed E-state index contributed by atoms with van der Waals surface area (Å²) in [7, 11) is -0.990. The van der Waals surface area contributed by atoms with Gasteiger partial charge in [0, 0.05) is 47.4 Å². The summed E-state index contributed by atoms with van der Waals surface area (Å²) in [5.41, 5.74) is 4.13. The first-order valence-corrected chi connectivity index (χ1v) is 10.9. The number of rotatable bonds is 4. The molecule has 146 valence electrons. The van der Waals surface area contributed by atoms with Gasteiger partial charge < -0.3 is 15.3 Å². The molecule has 0 radical (unpaired) electrons. The van der Waals surface area contributed by atoms with Gasteiger partial charge in [0.1, 0.15) is 5.82 Å². The van der Waals surface area contributed by atoms with Crippen LogP contribution in [-0.2, 0) is 17.3 Å². The van der Waals surface area contributed by atoms with Crippen LogP contribution in [0.15, 0.2) is 53.4 Å². The molecule has 2 heterocycles. The van der Waals surface area contributed by atoms with E-state index in [0.717, 1.165) is 32.9 Å². The van der Waals surface area contributed by atoms with E-state index in [-0.39, 0.29) is 0 Å². The van der Waals surface area contributed by atoms with Crippen LogP contribution in [0.4, 0.5) is 11.5 Å². The molecule has 2 atom stereocenters. The van der Waals surface area contributed by atoms with Crippen molar-refractivity contribution in [1.82, 2.24) is 4.98 Å². The Morgan fingerprint density at radius 2 is 2.07 bits per heavy atom. The minimum atomic E-state index is -0.990. The number of fused-ring (bicyclic) bond motifs is 2. The van der Waals surface area contributed by atoms with Crippen LogP contribution in [0.3, 0.4) is 0 Å². The Morgan fingerprint density at radius 1 is 1.25 bits per heavy atom. The van der Waals surface area contributed by atoms with E-state index in [2.05, 4.69) is 29.3 Å². The van der Waals surface area contributed by atoms with Crippen molar-refractivity contribution < 1.29 is 9.32 Å². The minimum absolute atomic E-state index is 0.441. The smallest absolute Gasteiger partial charge is 0.131 e. The van der Waals surface area contributed by atoms with Gasteiger partial charge in [-0.15, -0.1) is 0 Å². The topological polar surface area (TPSA) is 65.5 Å². The van der Waals surface area contributed by atoms with E-state index >= 15 is 0 Å². The Bertz CT molecular complexity index is 1040. The molecule has 3 aromatic rings. The lowest BCUT2D eigenvalue weighted by molar-refractivity contribution is 0.208. The molecule has 0 aliphatic carbocycles. The lowest BCUT2D eigenvalue weighted by Crippen LogP contribution is -2.26. The fourth-order valence-corrected chi connectivity index (χ4v) is 4.79. The van der Waals surface area contributed by atoms with E-state index in [9.17, 15) is 9.32 Å². The first-order valence-electron chi connectivity index (χ1n) is 9.56. The van der Waals surface area contributed by atoms with Gasteiger partial charge in [0.05, 0.1) is 22.4 Å². The molecule has 28 heavy (non-hydrogen) atoms. The molecule has 0 saturated carbocycles. The van der Waals surface area contributed by atoms with E-state index < -0.39 is 16.9 Å². The summed E-state index contributed by atoms with van der Waals surface area (Å²) in [5.74, 6) is 1.44. The van der Waals surface area contributed by atoms with Gasteiger partial charge in [0.25, 0.3) is 0 Å². The number of aliphatic hydroxyl groups is 1. The summed E-state index contributed by atoms with van der Waals surface area (Å²) in [6.45, 7) is 5.67. The molecular weight excluding hydrogens is 370 g/mol. The zero-order valence-electron chi connectivity index (χ0n) is 16.2. The number of benzene rings is 2. The summed E-state index contributed by atoms with van der Waals surface area (Å²) in [6.07, 6.45) is -0.441. The van der Waals surface area contributed by atoms with Crippen LogP contribution in [0.5, 0.6) is 0 Å². The maximum atomic E-state index is 12.6. The molecule has 2 N–H and O–H groups in total. The fraction of sp³-hybridized carbons (Fsp3) is 0.318. The van der Waals surface area contributed by atoms with E-state index in [4.69, 9.17) is 4.98 Å². The predicted octanol–water partition coefficient (Wildman–Crippen LogP) is 3.46. The maximum Gasteiger partial charge on any atom is 0.131 e. The third-order valence-corrected chi connectivity index (χ3v) is 6.43. The van der Waals surface area contributed by atoms with Crippen LogP contribution in [0.1, 0.15) is 18.1 Å². The number of aromatic nitrogens is 1. The summed E-state index contributed by atoms with van der Waals surface area (Å²) in [6, 6.07) is 16.2. The van der Waals surface area contributed by atoms with E-state index in [0.29, 0.717) is 25.4 Å². The van der Waals surface area contributed by atoms with Crippen molar-refractivity contribution in [2.24, 2.45) is 0 Å². The first kappa shape index (κ1) is 18.9. The Hall–Kier alpha value is -2.44. The van der Waals surface area contributed by atoms with Crippen molar-refractivity contribution in [1.29, 1.82) is 0 Å². The van der Waals surface area contributed by atoms with E-state index in [1.54, 1.807) is 6.92 Å². The molecule has 5 nitrogen and oxygen atoms in total. The summed E-state index contributed by atoms with van der Waals surface area (Å²) in [5, 5.41) is 14.1. The number of aryl methyl sites for hydroxylation is 1. The number of hydrogen-bond acceptors (Lipinski definition) is 5. The summed E-state index contributed by atoms with van der Waals surface area (Å²) < 4.78 is 12.6. The van der Waals surface area contributed by atoms with Gasteiger partial charge in [-0.2, -0.15) is 0 Å². The number of aliphatic hydroxyl groups excluding tert-OH is 1. The lowest BCUT2D eigenvalue weighted by Gasteiger charge is -2.23. The average Bonchev–Trinajstić information content (AvgIpc) is 2.85. The standard InChI is InChI=1S/C22H25N3O2S/c1-15-7-8-19-18(11-15)20(23-13-16(2)26)12-22(24-19)25-9-10-28(27)21-6-4-3-5-17(21)14-25/h3-8,11-12,16,26H,9-10,13-14H2,1-2H3,(H,23,24). The van der Waals surface area contributed by atoms with Gasteiger partial charge in [0.2, 0.25) is 0 Å². The highest BCUT2D eigenvalue weighted by Crippen LogP contribution is 2.30. The third-order valence-electron chi connectivity index (χ3n) is 4.99. The maximum absolute atomic E-state index is 12.6. The summed E-state index contributed by atoms with van der Waals surface area (Å²) in [4.78, 5) is 8.01. The van der Waals surface area contributed by atoms with Crippen LogP contribution in [0.25, 0.3) is 10.9 Å². The van der Waals surface area contributed by atoms with Crippen molar-refractivity contribution in [2.75, 3.05) is 29.1 Å². The first-order chi connectivity index (χ1) is 13.5. The second-order valence-corrected chi connectivity index (χ2v) is 8.90. The van der Waals surface area contributed by atoms with Crippen molar-refractivity contribution in [3.63, 3.8) is 0 Å². The number of anilines is 2. The third kappa shape index (κ3) is 3.88. The van der Waals surface area contributed by atoms with Crippen molar-refractivity contribution in [3.8, 4) is 0 Å². The second kappa shape index (κ2) is 7.89. The quantitative estimate of drug-likeness (QED) is 0.708. The molecule has 0 spiro atoms. The zero-order valence-corrected chi connectivity index (χ0v) is 17.0. The average molecular weight is 396 g/mol. The van der Waals surface area contributed by atoms with Gasteiger partial charge in [-0.3, -0.25) is 4.21 Å². The lowest BCUT2D eigenvalue weighted by atomic mass is 10.1. The van der Waals surface area contributed by atoms with Gasteiger partial charge in [-0.25, -0.2) is 4.98 Å². The predicted molar refractivity (Wildman–Crippen MR) is 115 cm³/mol. The molecule has 1 aromatic heterocycles. The Labute approximate surface area is 167 Å². The van der Waals surface area contributed by atoms with Gasteiger partial charge in [-0.05, 0) is 37.6 Å². The SMILES string of the molecule is Cc1ccc2nc(N3CCS(=O)c4ccccc4C3)cc(NCC(C)O)c2c1. The van der Waals surface area contributed by atoms with Crippen LogP contribution < -0.4 is 10.2 Å². The Kier molecular flexibility index (Phi) is 5.33. The molecule has 2 aromatic carbocycles. The zero-order chi connectivity index (χ0) is 19.7. The molecule has 1 aliphatic rings. The molecule has 4 rings (SSSR count). The van der Waals surface area contributed by atoms with Crippen LogP contribution >= 0.6 is 0 Å². The highest BCUT2D eigenvalue weighted by Gasteiger charge is 2.21. The monoisotopic (exact) mass is 395 g/mol. The molecule has 0 amide bonds. The van der Waals surface area contributed by atoms with Crippen LogP contribution in [0.2, 0.25) is 0 Å². The fourth-order valence-electron chi connectivity index (χ4n) is 3.53. The highest BCUT2D eigenvalue weighted by atomic mass is 32.2. The molecule has 2 unspecified atom stereocenters. The Balaban J connectivity index is 1.76. The molecular formula is C22H25N3O2S. The van der Waals surface area contributed by atoms with Gasteiger partial charge >= 0.3 is 0 Å². The minimum Gasteiger partial charge on any atom is -0.392 e. The summed E-state index contributed by atoms with van der Waals surface area (Å²) >= 11 is 0. The normalized spacial score (nSPS) is 17.8. The molecule has 0 saturated heterocycles. The number of pyridine rings is 1. The largest absolute Gasteiger partial charge is 0.392 e. The van der Waals surface area contributed by atoms with E-state index in [1.807, 2.05) is 36.4 Å². The Morgan fingerprint density at radius 3 is 2.89 bits per heavy atom. The van der Waals surface area contributed by atoms with E-state index in [1.165, 1.54) is 5.56 Å². The number of nitrogens with zero attached hydrogens (tertiary/aromatic N) is 2. The van der Waals surface area contributed by atoms with Gasteiger partial charge in [-0.1, -0.05) is 29.8 Å². The van der Waals surface area contributed by atoms with Crippen molar-refractivity contribution >= 4 is 33.2 Å². The van der Waals surface area contributed by atoms with Crippen LogP contribution in [-0.4, -0.2) is 39.2 Å². The molecule has 0 bridgehead atoms. The molecule has 0 fully saturated rings. The second-order valence-electron chi connectivity index (χ2n) is 7.36. The van der Waals surface area contributed by atoms with Crippen molar-refractivity contribution in [3.05, 3.63) is 59.7 Å². The molecule has 6 heteroatoms.